The zero-order valence-electron chi connectivity index (χ0n) is 13.8. The molecule has 2 aromatic carbocycles. The van der Waals surface area contributed by atoms with E-state index in [1.807, 2.05) is 24.3 Å². The van der Waals surface area contributed by atoms with Gasteiger partial charge in [0.2, 0.25) is 5.91 Å². The molecule has 1 saturated heterocycles. The molecule has 0 saturated carbocycles. The predicted molar refractivity (Wildman–Crippen MR) is 96.4 cm³/mol. The normalized spacial score (nSPS) is 14.4. The number of ether oxygens (including phenoxy) is 1. The molecule has 0 aromatic heterocycles. The van der Waals surface area contributed by atoms with Gasteiger partial charge in [-0.1, -0.05) is 29.8 Å². The third-order valence-electron chi connectivity index (χ3n) is 4.17. The third kappa shape index (κ3) is 4.94. The average Bonchev–Trinajstić information content (AvgIpc) is 2.63. The Hall–Kier alpha value is -2.11. The number of morpholine rings is 1. The lowest BCUT2D eigenvalue weighted by atomic mass is 10.1. The fourth-order valence-corrected chi connectivity index (χ4v) is 2.91. The second-order valence-corrected chi connectivity index (χ2v) is 6.39. The molecule has 25 heavy (non-hydrogen) atoms. The molecular formula is C19H20ClFN2O2. The minimum Gasteiger partial charge on any atom is -0.378 e. The molecule has 1 aliphatic rings. The molecule has 2 aromatic rings. The lowest BCUT2D eigenvalue weighted by Gasteiger charge is -2.28. The maximum absolute atomic E-state index is 13.7. The van der Waals surface area contributed by atoms with Gasteiger partial charge in [-0.2, -0.15) is 0 Å². The van der Waals surface area contributed by atoms with E-state index in [4.69, 9.17) is 16.3 Å². The predicted octanol–water partition coefficient (Wildman–Crippen LogP) is 3.17. The Balaban J connectivity index is 1.51. The van der Waals surface area contributed by atoms with E-state index in [0.717, 1.165) is 37.6 Å². The van der Waals surface area contributed by atoms with Crippen LogP contribution >= 0.6 is 11.6 Å². The summed E-state index contributed by atoms with van der Waals surface area (Å²) in [6.45, 7) is 3.70. The number of nitrogens with one attached hydrogen (secondary N) is 1. The van der Waals surface area contributed by atoms with Gasteiger partial charge in [-0.25, -0.2) is 4.39 Å². The van der Waals surface area contributed by atoms with Crippen LogP contribution in [0.4, 0.5) is 10.1 Å². The van der Waals surface area contributed by atoms with Crippen LogP contribution in [0.3, 0.4) is 0 Å². The van der Waals surface area contributed by atoms with E-state index in [9.17, 15) is 9.18 Å². The summed E-state index contributed by atoms with van der Waals surface area (Å²) in [5.74, 6) is -0.684. The van der Waals surface area contributed by atoms with Crippen LogP contribution < -0.4 is 10.2 Å². The van der Waals surface area contributed by atoms with E-state index in [-0.39, 0.29) is 12.3 Å². The number of anilines is 1. The Morgan fingerprint density at radius 1 is 1.16 bits per heavy atom. The molecule has 1 fully saturated rings. The number of hydrogen-bond donors (Lipinski definition) is 1. The van der Waals surface area contributed by atoms with Crippen molar-refractivity contribution in [3.8, 4) is 0 Å². The minimum atomic E-state index is -0.461. The van der Waals surface area contributed by atoms with E-state index in [2.05, 4.69) is 10.2 Å². The van der Waals surface area contributed by atoms with Gasteiger partial charge in [0.1, 0.15) is 5.82 Å². The highest BCUT2D eigenvalue weighted by Crippen LogP contribution is 2.17. The first-order valence-corrected chi connectivity index (χ1v) is 8.62. The van der Waals surface area contributed by atoms with Gasteiger partial charge >= 0.3 is 0 Å². The highest BCUT2D eigenvalue weighted by Gasteiger charge is 2.11. The summed E-state index contributed by atoms with van der Waals surface area (Å²) in [7, 11) is 0. The van der Waals surface area contributed by atoms with E-state index in [1.54, 1.807) is 6.07 Å². The van der Waals surface area contributed by atoms with Crippen molar-refractivity contribution in [2.75, 3.05) is 31.2 Å². The van der Waals surface area contributed by atoms with Crippen LogP contribution in [-0.2, 0) is 22.5 Å². The fourth-order valence-electron chi connectivity index (χ4n) is 2.75. The number of rotatable bonds is 5. The summed E-state index contributed by atoms with van der Waals surface area (Å²) in [5, 5.41) is 3.14. The van der Waals surface area contributed by atoms with Crippen molar-refractivity contribution in [2.45, 2.75) is 13.0 Å². The highest BCUT2D eigenvalue weighted by atomic mass is 35.5. The van der Waals surface area contributed by atoms with Crippen LogP contribution in [0.1, 0.15) is 11.1 Å². The van der Waals surface area contributed by atoms with Gasteiger partial charge in [0.05, 0.1) is 19.6 Å². The molecule has 132 valence electrons. The number of hydrogen-bond acceptors (Lipinski definition) is 3. The molecule has 0 unspecified atom stereocenters. The van der Waals surface area contributed by atoms with Gasteiger partial charge in [-0.15, -0.1) is 0 Å². The van der Waals surface area contributed by atoms with Crippen LogP contribution in [0.2, 0.25) is 5.02 Å². The molecule has 1 N–H and O–H groups in total. The maximum Gasteiger partial charge on any atom is 0.224 e. The number of carbonyl (C=O) groups is 1. The van der Waals surface area contributed by atoms with E-state index in [0.29, 0.717) is 17.1 Å². The van der Waals surface area contributed by atoms with Crippen molar-refractivity contribution in [1.29, 1.82) is 0 Å². The molecular weight excluding hydrogens is 343 g/mol. The Bertz CT molecular complexity index is 731. The first-order valence-electron chi connectivity index (χ1n) is 8.24. The summed E-state index contributed by atoms with van der Waals surface area (Å²) in [4.78, 5) is 14.3. The molecule has 3 rings (SSSR count). The first-order chi connectivity index (χ1) is 12.1. The van der Waals surface area contributed by atoms with E-state index < -0.39 is 5.82 Å². The molecule has 0 bridgehead atoms. The number of benzene rings is 2. The fraction of sp³-hybridized carbons (Fsp3) is 0.316. The maximum atomic E-state index is 13.7. The second kappa shape index (κ2) is 8.32. The first kappa shape index (κ1) is 17.7. The summed E-state index contributed by atoms with van der Waals surface area (Å²) in [6.07, 6.45) is -0.00510. The van der Waals surface area contributed by atoms with Gasteiger partial charge in [0, 0.05) is 30.3 Å². The SMILES string of the molecule is O=C(Cc1ccc(Cl)cc1F)NCc1ccc(N2CCOCC2)cc1. The monoisotopic (exact) mass is 362 g/mol. The Morgan fingerprint density at radius 3 is 2.56 bits per heavy atom. The van der Waals surface area contributed by atoms with Crippen molar-refractivity contribution in [2.24, 2.45) is 0 Å². The number of nitrogens with zero attached hydrogens (tertiary/aromatic N) is 1. The topological polar surface area (TPSA) is 41.6 Å². The molecule has 1 amide bonds. The number of amides is 1. The lowest BCUT2D eigenvalue weighted by molar-refractivity contribution is -0.120. The van der Waals surface area contributed by atoms with Crippen LogP contribution in [0.25, 0.3) is 0 Å². The van der Waals surface area contributed by atoms with Gasteiger partial charge in [0.25, 0.3) is 0 Å². The van der Waals surface area contributed by atoms with Crippen molar-refractivity contribution in [1.82, 2.24) is 5.32 Å². The summed E-state index contributed by atoms with van der Waals surface area (Å²) >= 11 is 5.71. The summed E-state index contributed by atoms with van der Waals surface area (Å²) in [5.41, 5.74) is 2.49. The summed E-state index contributed by atoms with van der Waals surface area (Å²) < 4.78 is 19.1. The minimum absolute atomic E-state index is 0.00510. The molecule has 0 spiro atoms. The van der Waals surface area contributed by atoms with E-state index in [1.165, 1.54) is 12.1 Å². The molecule has 6 heteroatoms. The standard InChI is InChI=1S/C19H20ClFN2O2/c20-16-4-3-15(18(21)12-16)11-19(24)22-13-14-1-5-17(6-2-14)23-7-9-25-10-8-23/h1-6,12H,7-11,13H2,(H,22,24). The number of halogens is 2. The van der Waals surface area contributed by atoms with Crippen molar-refractivity contribution in [3.05, 3.63) is 64.4 Å². The third-order valence-corrected chi connectivity index (χ3v) is 4.40. The lowest BCUT2D eigenvalue weighted by Crippen LogP contribution is -2.36. The summed E-state index contributed by atoms with van der Waals surface area (Å²) in [6, 6.07) is 12.4. The van der Waals surface area contributed by atoms with Crippen molar-refractivity contribution in [3.63, 3.8) is 0 Å². The Labute approximate surface area is 151 Å². The molecule has 0 atom stereocenters. The van der Waals surface area contributed by atoms with Gasteiger partial charge in [-0.05, 0) is 35.4 Å². The zero-order valence-corrected chi connectivity index (χ0v) is 14.6. The van der Waals surface area contributed by atoms with Crippen LogP contribution in [0, 0.1) is 5.82 Å². The van der Waals surface area contributed by atoms with E-state index >= 15 is 0 Å². The molecule has 1 aliphatic heterocycles. The van der Waals surface area contributed by atoms with Gasteiger partial charge in [-0.3, -0.25) is 4.79 Å². The van der Waals surface area contributed by atoms with Crippen molar-refractivity contribution < 1.29 is 13.9 Å². The Morgan fingerprint density at radius 2 is 1.88 bits per heavy atom. The molecule has 0 radical (unpaired) electrons. The zero-order chi connectivity index (χ0) is 17.6. The van der Waals surface area contributed by atoms with Crippen molar-refractivity contribution >= 4 is 23.2 Å². The van der Waals surface area contributed by atoms with Crippen LogP contribution in [0.5, 0.6) is 0 Å². The molecule has 1 heterocycles. The second-order valence-electron chi connectivity index (χ2n) is 5.96. The number of carbonyl (C=O) groups excluding carboxylic acids is 1. The molecule has 0 aliphatic carbocycles. The van der Waals surface area contributed by atoms with Crippen LogP contribution in [0.15, 0.2) is 42.5 Å². The van der Waals surface area contributed by atoms with Gasteiger partial charge < -0.3 is 15.0 Å². The quantitative estimate of drug-likeness (QED) is 0.888. The van der Waals surface area contributed by atoms with Crippen LogP contribution in [-0.4, -0.2) is 32.2 Å². The smallest absolute Gasteiger partial charge is 0.224 e. The van der Waals surface area contributed by atoms with Gasteiger partial charge in [0.15, 0.2) is 0 Å². The molecule has 4 nitrogen and oxygen atoms in total. The Kier molecular flexibility index (Phi) is 5.89. The average molecular weight is 363 g/mol. The highest BCUT2D eigenvalue weighted by molar-refractivity contribution is 6.30. The largest absolute Gasteiger partial charge is 0.378 e.